The summed E-state index contributed by atoms with van der Waals surface area (Å²) in [6.45, 7) is 6.32. The highest BCUT2D eigenvalue weighted by Gasteiger charge is 2.29. The molecule has 0 aromatic heterocycles. The highest BCUT2D eigenvalue weighted by Crippen LogP contribution is 2.33. The molecule has 27 heavy (non-hydrogen) atoms. The number of aliphatic imine (C=N–C) groups is 1. The monoisotopic (exact) mass is 379 g/mol. The maximum absolute atomic E-state index is 13.0. The summed E-state index contributed by atoms with van der Waals surface area (Å²) in [4.78, 5) is 17.9. The Labute approximate surface area is 165 Å². The van der Waals surface area contributed by atoms with Crippen molar-refractivity contribution < 1.29 is 4.79 Å². The predicted octanol–water partition coefficient (Wildman–Crippen LogP) is 4.99. The number of hydrogen-bond donors (Lipinski definition) is 2. The molecule has 1 aliphatic heterocycles. The lowest BCUT2D eigenvalue weighted by molar-refractivity contribution is -0.113. The molecule has 3 rings (SSSR count). The van der Waals surface area contributed by atoms with Gasteiger partial charge >= 0.3 is 0 Å². The molecule has 1 aliphatic rings. The van der Waals surface area contributed by atoms with E-state index in [4.69, 9.17) is 4.99 Å². The maximum atomic E-state index is 13.0. The molecule has 5 heteroatoms. The number of carbonyl (C=O) groups is 1. The third-order valence-corrected chi connectivity index (χ3v) is 5.48. The standard InChI is InChI=1S/C22H25N3OS/c1-15(2)14-27-22-23-16(3)19(20(25-22)17-10-6-4-7-11-17)21(26)24-18-12-8-5-9-13-18/h4-13,15,20H,14H2,1-3H3,(H,23,25)(H,24,26)/t20-/m0/s1. The molecule has 0 radical (unpaired) electrons. The summed E-state index contributed by atoms with van der Waals surface area (Å²) in [6, 6.07) is 19.2. The zero-order valence-corrected chi connectivity index (χ0v) is 16.7. The number of benzene rings is 2. The van der Waals surface area contributed by atoms with E-state index in [9.17, 15) is 4.79 Å². The van der Waals surface area contributed by atoms with Crippen molar-refractivity contribution in [1.29, 1.82) is 0 Å². The Balaban J connectivity index is 1.90. The van der Waals surface area contributed by atoms with Crippen molar-refractivity contribution in [2.45, 2.75) is 26.8 Å². The number of amidine groups is 1. The number of nitrogens with zero attached hydrogens (tertiary/aromatic N) is 1. The molecule has 0 bridgehead atoms. The Morgan fingerprint density at radius 1 is 1.11 bits per heavy atom. The van der Waals surface area contributed by atoms with Crippen LogP contribution in [0.15, 0.2) is 76.9 Å². The largest absolute Gasteiger partial charge is 0.338 e. The molecule has 0 unspecified atom stereocenters. The van der Waals surface area contributed by atoms with E-state index in [1.165, 1.54) is 0 Å². The van der Waals surface area contributed by atoms with Gasteiger partial charge in [0.05, 0.1) is 5.57 Å². The van der Waals surface area contributed by atoms with Gasteiger partial charge in [-0.25, -0.2) is 4.99 Å². The molecule has 1 amide bonds. The van der Waals surface area contributed by atoms with Crippen molar-refractivity contribution >= 4 is 28.5 Å². The normalized spacial score (nSPS) is 16.7. The van der Waals surface area contributed by atoms with Crippen molar-refractivity contribution in [3.05, 3.63) is 77.5 Å². The number of carbonyl (C=O) groups excluding carboxylic acids is 1. The van der Waals surface area contributed by atoms with Crippen LogP contribution in [0, 0.1) is 5.92 Å². The second-order valence-electron chi connectivity index (χ2n) is 6.94. The third-order valence-electron chi connectivity index (χ3n) is 4.16. The number of anilines is 1. The van der Waals surface area contributed by atoms with Gasteiger partial charge in [0.15, 0.2) is 5.17 Å². The minimum absolute atomic E-state index is 0.128. The van der Waals surface area contributed by atoms with Gasteiger partial charge in [-0.05, 0) is 30.5 Å². The summed E-state index contributed by atoms with van der Waals surface area (Å²) < 4.78 is 0. The van der Waals surface area contributed by atoms with Crippen LogP contribution in [-0.4, -0.2) is 16.8 Å². The molecule has 1 atom stereocenters. The van der Waals surface area contributed by atoms with Gasteiger partial charge in [0, 0.05) is 17.1 Å². The van der Waals surface area contributed by atoms with Crippen LogP contribution in [0.2, 0.25) is 0 Å². The zero-order valence-electron chi connectivity index (χ0n) is 15.9. The molecule has 0 saturated heterocycles. The fraction of sp³-hybridized carbons (Fsp3) is 0.273. The molecular formula is C22H25N3OS. The second kappa shape index (κ2) is 8.91. The fourth-order valence-corrected chi connectivity index (χ4v) is 3.75. The number of rotatable bonds is 5. The van der Waals surface area contributed by atoms with Crippen molar-refractivity contribution in [1.82, 2.24) is 5.32 Å². The van der Waals surface area contributed by atoms with Gasteiger partial charge in [-0.2, -0.15) is 0 Å². The van der Waals surface area contributed by atoms with Crippen LogP contribution < -0.4 is 10.6 Å². The first-order valence-electron chi connectivity index (χ1n) is 9.14. The van der Waals surface area contributed by atoms with Crippen LogP contribution in [0.5, 0.6) is 0 Å². The van der Waals surface area contributed by atoms with E-state index in [1.54, 1.807) is 11.8 Å². The van der Waals surface area contributed by atoms with Gasteiger partial charge in [-0.15, -0.1) is 0 Å². The average Bonchev–Trinajstić information content (AvgIpc) is 2.67. The quantitative estimate of drug-likeness (QED) is 0.769. The van der Waals surface area contributed by atoms with Gasteiger partial charge in [0.2, 0.25) is 0 Å². The van der Waals surface area contributed by atoms with Crippen LogP contribution in [0.4, 0.5) is 5.69 Å². The lowest BCUT2D eigenvalue weighted by Crippen LogP contribution is -2.32. The van der Waals surface area contributed by atoms with E-state index in [0.717, 1.165) is 27.9 Å². The molecule has 1 heterocycles. The Kier molecular flexibility index (Phi) is 6.35. The van der Waals surface area contributed by atoms with E-state index < -0.39 is 0 Å². The highest BCUT2D eigenvalue weighted by atomic mass is 32.2. The topological polar surface area (TPSA) is 53.5 Å². The van der Waals surface area contributed by atoms with Gasteiger partial charge in [0.25, 0.3) is 5.91 Å². The van der Waals surface area contributed by atoms with Crippen LogP contribution in [0.25, 0.3) is 0 Å². The van der Waals surface area contributed by atoms with E-state index in [0.29, 0.717) is 11.5 Å². The van der Waals surface area contributed by atoms with E-state index in [2.05, 4.69) is 24.5 Å². The SMILES string of the molecule is CC1=C(C(=O)Nc2ccccc2)[C@H](c2ccccc2)N=C(SCC(C)C)N1. The summed E-state index contributed by atoms with van der Waals surface area (Å²) in [6.07, 6.45) is 0. The maximum Gasteiger partial charge on any atom is 0.255 e. The summed E-state index contributed by atoms with van der Waals surface area (Å²) in [5.41, 5.74) is 3.29. The first-order chi connectivity index (χ1) is 13.0. The number of para-hydroxylation sites is 1. The Morgan fingerprint density at radius 2 is 1.74 bits per heavy atom. The van der Waals surface area contributed by atoms with Gasteiger partial charge in [-0.3, -0.25) is 4.79 Å². The van der Waals surface area contributed by atoms with Crippen LogP contribution >= 0.6 is 11.8 Å². The number of amides is 1. The minimum Gasteiger partial charge on any atom is -0.338 e. The molecule has 140 valence electrons. The first-order valence-corrected chi connectivity index (χ1v) is 10.1. The predicted molar refractivity (Wildman–Crippen MR) is 115 cm³/mol. The van der Waals surface area contributed by atoms with Crippen LogP contribution in [-0.2, 0) is 4.79 Å². The fourth-order valence-electron chi connectivity index (χ4n) is 2.86. The third kappa shape index (κ3) is 5.01. The van der Waals surface area contributed by atoms with E-state index in [-0.39, 0.29) is 11.9 Å². The van der Waals surface area contributed by atoms with Gasteiger partial charge in [-0.1, -0.05) is 74.1 Å². The van der Waals surface area contributed by atoms with Crippen molar-refractivity contribution in [2.24, 2.45) is 10.9 Å². The van der Waals surface area contributed by atoms with Gasteiger partial charge in [0.1, 0.15) is 6.04 Å². The molecule has 0 fully saturated rings. The number of thioether (sulfide) groups is 1. The number of allylic oxidation sites excluding steroid dienone is 1. The summed E-state index contributed by atoms with van der Waals surface area (Å²) in [5, 5.41) is 7.18. The van der Waals surface area contributed by atoms with Crippen molar-refractivity contribution in [2.75, 3.05) is 11.1 Å². The van der Waals surface area contributed by atoms with Crippen LogP contribution in [0.1, 0.15) is 32.4 Å². The first kappa shape index (κ1) is 19.2. The van der Waals surface area contributed by atoms with Crippen molar-refractivity contribution in [3.63, 3.8) is 0 Å². The second-order valence-corrected chi connectivity index (χ2v) is 7.94. The Bertz CT molecular complexity index is 844. The summed E-state index contributed by atoms with van der Waals surface area (Å²) in [5.74, 6) is 1.42. The highest BCUT2D eigenvalue weighted by molar-refractivity contribution is 8.13. The van der Waals surface area contributed by atoms with E-state index in [1.807, 2.05) is 67.6 Å². The molecular weight excluding hydrogens is 354 g/mol. The Morgan fingerprint density at radius 3 is 2.37 bits per heavy atom. The molecule has 0 aliphatic carbocycles. The van der Waals surface area contributed by atoms with Crippen LogP contribution in [0.3, 0.4) is 0 Å². The lowest BCUT2D eigenvalue weighted by Gasteiger charge is -2.26. The Hall–Kier alpha value is -2.53. The van der Waals surface area contributed by atoms with Crippen molar-refractivity contribution in [3.8, 4) is 0 Å². The van der Waals surface area contributed by atoms with E-state index >= 15 is 0 Å². The summed E-state index contributed by atoms with van der Waals surface area (Å²) >= 11 is 1.70. The number of hydrogen-bond acceptors (Lipinski definition) is 4. The molecule has 2 aromatic carbocycles. The molecule has 2 N–H and O–H groups in total. The molecule has 0 saturated carbocycles. The van der Waals surface area contributed by atoms with Gasteiger partial charge < -0.3 is 10.6 Å². The molecule has 0 spiro atoms. The minimum atomic E-state index is -0.314. The smallest absolute Gasteiger partial charge is 0.255 e. The average molecular weight is 380 g/mol. The molecule has 4 nitrogen and oxygen atoms in total. The molecule has 2 aromatic rings. The summed E-state index contributed by atoms with van der Waals surface area (Å²) in [7, 11) is 0. The lowest BCUT2D eigenvalue weighted by atomic mass is 9.96. The number of nitrogens with one attached hydrogen (secondary N) is 2. The zero-order chi connectivity index (χ0) is 19.2.